The molecule has 3 atom stereocenters. The Morgan fingerprint density at radius 1 is 1.09 bits per heavy atom. The zero-order chi connectivity index (χ0) is 31.1. The molecule has 0 bridgehead atoms. The van der Waals surface area contributed by atoms with Gasteiger partial charge in [0.2, 0.25) is 11.8 Å². The Labute approximate surface area is 275 Å². The highest BCUT2D eigenvalue weighted by atomic mass is 127. The quantitative estimate of drug-likeness (QED) is 0.234. The minimum absolute atomic E-state index is 0.0524. The van der Waals surface area contributed by atoms with Gasteiger partial charge in [-0.05, 0) is 82.8 Å². The summed E-state index contributed by atoms with van der Waals surface area (Å²) in [6.45, 7) is -0.227. The standard InChI is InChI=1S/C31H37Cl2IN2O7/c1-42-27-12-20(17-38)11-24(34)30(27)43-26-15-21(31(41)35-8-9-37)14-25(29(26)40)36(28(39)13-18-4-2-3-5-18)16-19-6-7-22(32)23(33)10-19/h6-7,10-12,15,18,25-26,29,37-38,40H,2-5,8-9,13-14,16-17H2,1H3,(H,35,41). The second-order valence-electron chi connectivity index (χ2n) is 10.9. The van der Waals surface area contributed by atoms with Gasteiger partial charge < -0.3 is 35.0 Å². The summed E-state index contributed by atoms with van der Waals surface area (Å²) in [6, 6.07) is 7.72. The summed E-state index contributed by atoms with van der Waals surface area (Å²) < 4.78 is 12.5. The first-order valence-electron chi connectivity index (χ1n) is 14.3. The number of methoxy groups -OCH3 is 1. The minimum Gasteiger partial charge on any atom is -0.493 e. The summed E-state index contributed by atoms with van der Waals surface area (Å²) in [4.78, 5) is 28.8. The first-order valence-corrected chi connectivity index (χ1v) is 16.1. The van der Waals surface area contributed by atoms with Crippen LogP contribution in [0.4, 0.5) is 0 Å². The fourth-order valence-corrected chi connectivity index (χ4v) is 6.81. The largest absolute Gasteiger partial charge is 0.493 e. The maximum Gasteiger partial charge on any atom is 0.247 e. The van der Waals surface area contributed by atoms with Crippen LogP contribution in [0.5, 0.6) is 11.5 Å². The number of nitrogens with one attached hydrogen (secondary N) is 1. The highest BCUT2D eigenvalue weighted by Crippen LogP contribution is 2.38. The molecular formula is C31H37Cl2IN2O7. The second-order valence-corrected chi connectivity index (χ2v) is 12.9. The predicted molar refractivity (Wildman–Crippen MR) is 172 cm³/mol. The van der Waals surface area contributed by atoms with Gasteiger partial charge in [0.25, 0.3) is 0 Å². The van der Waals surface area contributed by atoms with E-state index < -0.39 is 24.2 Å². The Morgan fingerprint density at radius 2 is 1.84 bits per heavy atom. The molecule has 2 aliphatic rings. The first kappa shape index (κ1) is 33.8. The van der Waals surface area contributed by atoms with Crippen molar-refractivity contribution in [3.63, 3.8) is 0 Å². The Bertz CT molecular complexity index is 1340. The lowest BCUT2D eigenvalue weighted by molar-refractivity contribution is -0.140. The maximum absolute atomic E-state index is 14.0. The van der Waals surface area contributed by atoms with Crippen LogP contribution in [0, 0.1) is 9.49 Å². The smallest absolute Gasteiger partial charge is 0.247 e. The van der Waals surface area contributed by atoms with Gasteiger partial charge in [0.1, 0.15) is 12.2 Å². The van der Waals surface area contributed by atoms with E-state index in [1.54, 1.807) is 41.3 Å². The molecule has 43 heavy (non-hydrogen) atoms. The number of carbonyl (C=O) groups excluding carboxylic acids is 2. The summed E-state index contributed by atoms with van der Waals surface area (Å²) in [5.74, 6) is 0.404. The van der Waals surface area contributed by atoms with Crippen LogP contribution in [0.1, 0.15) is 49.7 Å². The number of halogens is 3. The number of aliphatic hydroxyl groups is 3. The molecule has 0 aliphatic heterocycles. The number of rotatable bonds is 12. The summed E-state index contributed by atoms with van der Waals surface area (Å²) >= 11 is 14.5. The van der Waals surface area contributed by atoms with E-state index in [2.05, 4.69) is 27.9 Å². The number of amides is 2. The number of hydrogen-bond donors (Lipinski definition) is 4. The monoisotopic (exact) mass is 746 g/mol. The topological polar surface area (TPSA) is 129 Å². The SMILES string of the molecule is COc1cc(CO)cc(I)c1OC1C=C(C(=O)NCCO)CC(N(Cc2ccc(Cl)c(Cl)c2)C(=O)CC2CCCC2)C1O. The Morgan fingerprint density at radius 3 is 2.49 bits per heavy atom. The normalized spacial score (nSPS) is 20.4. The first-order chi connectivity index (χ1) is 20.6. The van der Waals surface area contributed by atoms with Gasteiger partial charge in [-0.15, -0.1) is 0 Å². The van der Waals surface area contributed by atoms with E-state index in [-0.39, 0.29) is 44.5 Å². The van der Waals surface area contributed by atoms with Crippen molar-refractivity contribution in [1.82, 2.24) is 10.2 Å². The molecule has 1 saturated carbocycles. The Kier molecular flexibility index (Phi) is 12.4. The molecule has 12 heteroatoms. The molecular weight excluding hydrogens is 710 g/mol. The third kappa shape index (κ3) is 8.55. The number of hydrogen-bond acceptors (Lipinski definition) is 7. The number of carbonyl (C=O) groups is 2. The van der Waals surface area contributed by atoms with Crippen molar-refractivity contribution in [1.29, 1.82) is 0 Å². The van der Waals surface area contributed by atoms with E-state index in [4.69, 9.17) is 32.7 Å². The summed E-state index contributed by atoms with van der Waals surface area (Å²) in [6.07, 6.45) is 3.86. The van der Waals surface area contributed by atoms with Crippen LogP contribution in [0.25, 0.3) is 0 Å². The molecule has 4 rings (SSSR count). The average Bonchev–Trinajstić information content (AvgIpc) is 3.51. The Balaban J connectivity index is 1.72. The van der Waals surface area contributed by atoms with Crippen molar-refractivity contribution in [2.75, 3.05) is 20.3 Å². The zero-order valence-corrected chi connectivity index (χ0v) is 27.6. The lowest BCUT2D eigenvalue weighted by atomic mass is 9.87. The number of ether oxygens (including phenoxy) is 2. The molecule has 0 saturated heterocycles. The molecule has 1 fully saturated rings. The maximum atomic E-state index is 14.0. The van der Waals surface area contributed by atoms with Gasteiger partial charge in [0.05, 0.1) is 40.0 Å². The van der Waals surface area contributed by atoms with E-state index in [1.165, 1.54) is 7.11 Å². The van der Waals surface area contributed by atoms with Crippen molar-refractivity contribution in [2.45, 2.75) is 69.9 Å². The van der Waals surface area contributed by atoms with Crippen LogP contribution in [0.15, 0.2) is 42.0 Å². The van der Waals surface area contributed by atoms with E-state index in [9.17, 15) is 24.9 Å². The van der Waals surface area contributed by atoms with Crippen LogP contribution < -0.4 is 14.8 Å². The molecule has 3 unspecified atom stereocenters. The fraction of sp³-hybridized carbons (Fsp3) is 0.484. The van der Waals surface area contributed by atoms with E-state index in [0.29, 0.717) is 42.7 Å². The van der Waals surface area contributed by atoms with Gasteiger partial charge in [-0.1, -0.05) is 42.1 Å². The highest BCUT2D eigenvalue weighted by Gasteiger charge is 2.41. The van der Waals surface area contributed by atoms with E-state index >= 15 is 0 Å². The molecule has 0 spiro atoms. The van der Waals surface area contributed by atoms with Crippen LogP contribution in [0.3, 0.4) is 0 Å². The number of nitrogens with zero attached hydrogens (tertiary/aromatic N) is 1. The Hall–Kier alpha value is -2.09. The van der Waals surface area contributed by atoms with Crippen LogP contribution in [0.2, 0.25) is 10.0 Å². The van der Waals surface area contributed by atoms with Crippen molar-refractivity contribution < 1.29 is 34.4 Å². The van der Waals surface area contributed by atoms with Crippen LogP contribution in [-0.4, -0.2) is 70.5 Å². The minimum atomic E-state index is -1.21. The fourth-order valence-electron chi connectivity index (χ4n) is 5.70. The molecule has 234 valence electrons. The molecule has 2 amide bonds. The molecule has 9 nitrogen and oxygen atoms in total. The molecule has 0 radical (unpaired) electrons. The lowest BCUT2D eigenvalue weighted by Gasteiger charge is -2.41. The van der Waals surface area contributed by atoms with Crippen molar-refractivity contribution >= 4 is 57.6 Å². The van der Waals surface area contributed by atoms with Crippen molar-refractivity contribution in [2.24, 2.45) is 5.92 Å². The molecule has 2 aromatic rings. The van der Waals surface area contributed by atoms with E-state index in [0.717, 1.165) is 31.2 Å². The van der Waals surface area contributed by atoms with E-state index in [1.807, 2.05) is 0 Å². The van der Waals surface area contributed by atoms with Gasteiger partial charge >= 0.3 is 0 Å². The van der Waals surface area contributed by atoms with Gasteiger partial charge in [-0.3, -0.25) is 9.59 Å². The second kappa shape index (κ2) is 15.8. The molecule has 2 aliphatic carbocycles. The van der Waals surface area contributed by atoms with Gasteiger partial charge in [-0.25, -0.2) is 0 Å². The van der Waals surface area contributed by atoms with Crippen molar-refractivity contribution in [3.05, 3.63) is 66.7 Å². The van der Waals surface area contributed by atoms with Crippen molar-refractivity contribution in [3.8, 4) is 11.5 Å². The summed E-state index contributed by atoms with van der Waals surface area (Å²) in [5.41, 5.74) is 1.68. The zero-order valence-electron chi connectivity index (χ0n) is 23.9. The van der Waals surface area contributed by atoms with Gasteiger partial charge in [0.15, 0.2) is 11.5 Å². The molecule has 4 N–H and O–H groups in total. The highest BCUT2D eigenvalue weighted by molar-refractivity contribution is 14.1. The summed E-state index contributed by atoms with van der Waals surface area (Å²) in [7, 11) is 1.48. The summed E-state index contributed by atoms with van der Waals surface area (Å²) in [5, 5.41) is 34.2. The lowest BCUT2D eigenvalue weighted by Crippen LogP contribution is -2.55. The molecule has 2 aromatic carbocycles. The average molecular weight is 747 g/mol. The molecule has 0 aromatic heterocycles. The third-order valence-corrected chi connectivity index (χ3v) is 9.48. The number of benzene rings is 2. The molecule has 0 heterocycles. The van der Waals surface area contributed by atoms with Crippen LogP contribution in [-0.2, 0) is 22.7 Å². The van der Waals surface area contributed by atoms with Gasteiger partial charge in [-0.2, -0.15) is 0 Å². The predicted octanol–water partition coefficient (Wildman–Crippen LogP) is 4.62. The third-order valence-electron chi connectivity index (χ3n) is 7.94. The van der Waals surface area contributed by atoms with Crippen LogP contribution >= 0.6 is 45.8 Å². The van der Waals surface area contributed by atoms with Gasteiger partial charge in [0, 0.05) is 31.5 Å². The number of aliphatic hydroxyl groups excluding tert-OH is 3.